The molecule has 1 N–H and O–H groups in total. The first-order valence-electron chi connectivity index (χ1n) is 7.18. The van der Waals surface area contributed by atoms with E-state index >= 15 is 0 Å². The van der Waals surface area contributed by atoms with E-state index in [4.69, 9.17) is 9.47 Å². The Labute approximate surface area is 141 Å². The molecule has 3 fully saturated rings. The van der Waals surface area contributed by atoms with Gasteiger partial charge in [-0.05, 0) is 24.7 Å². The molecular weight excluding hydrogens is 404 g/mol. The van der Waals surface area contributed by atoms with Crippen LogP contribution >= 0.6 is 31.9 Å². The van der Waals surface area contributed by atoms with Gasteiger partial charge in [-0.3, -0.25) is 4.79 Å². The van der Waals surface area contributed by atoms with Gasteiger partial charge < -0.3 is 14.6 Å². The Morgan fingerprint density at radius 1 is 1.33 bits per heavy atom. The first-order valence-corrected chi connectivity index (χ1v) is 8.76. The van der Waals surface area contributed by atoms with Crippen LogP contribution in [0.5, 0.6) is 0 Å². The highest BCUT2D eigenvalue weighted by atomic mass is 79.9. The summed E-state index contributed by atoms with van der Waals surface area (Å²) in [7, 11) is 3.06. The van der Waals surface area contributed by atoms with Gasteiger partial charge in [0.05, 0.1) is 0 Å². The third kappa shape index (κ3) is 1.33. The second kappa shape index (κ2) is 4.63. The highest BCUT2D eigenvalue weighted by molar-refractivity contribution is 9.11. The van der Waals surface area contributed by atoms with Gasteiger partial charge in [0.25, 0.3) is 0 Å². The molecule has 6 heteroatoms. The Morgan fingerprint density at radius 2 is 1.90 bits per heavy atom. The van der Waals surface area contributed by atoms with Gasteiger partial charge in [0.2, 0.25) is 5.79 Å². The molecule has 21 heavy (non-hydrogen) atoms. The number of halogens is 2. The molecule has 118 valence electrons. The third-order valence-corrected chi connectivity index (χ3v) is 9.05. The fraction of sp³-hybridized carbons (Fsp3) is 0.800. The number of aliphatic hydroxyl groups is 1. The number of carbonyl (C=O) groups excluding carboxylic acids is 1. The number of alkyl halides is 2. The number of ether oxygens (including phenoxy) is 2. The molecule has 0 amide bonds. The zero-order valence-corrected chi connectivity index (χ0v) is 15.4. The fourth-order valence-corrected chi connectivity index (χ4v) is 8.46. The van der Waals surface area contributed by atoms with Crippen LogP contribution in [0.3, 0.4) is 0 Å². The quantitative estimate of drug-likeness (QED) is 0.429. The van der Waals surface area contributed by atoms with E-state index in [1.807, 2.05) is 0 Å². The van der Waals surface area contributed by atoms with Crippen molar-refractivity contribution in [2.75, 3.05) is 14.2 Å². The summed E-state index contributed by atoms with van der Waals surface area (Å²) in [6, 6.07) is 0. The number of hydrogen-bond acceptors (Lipinski definition) is 4. The molecule has 3 rings (SSSR count). The van der Waals surface area contributed by atoms with Crippen LogP contribution < -0.4 is 0 Å². The highest BCUT2D eigenvalue weighted by Crippen LogP contribution is 2.76. The molecule has 0 aromatic carbocycles. The molecule has 3 aliphatic carbocycles. The molecule has 3 saturated carbocycles. The summed E-state index contributed by atoms with van der Waals surface area (Å²) >= 11 is 7.40. The first kappa shape index (κ1) is 16.1. The average Bonchev–Trinajstić information content (AvgIpc) is 3.04. The lowest BCUT2D eigenvalue weighted by Crippen LogP contribution is -2.62. The van der Waals surface area contributed by atoms with Gasteiger partial charge in [-0.25, -0.2) is 0 Å². The second-order valence-electron chi connectivity index (χ2n) is 6.27. The van der Waals surface area contributed by atoms with E-state index in [0.717, 1.165) is 19.3 Å². The maximum Gasteiger partial charge on any atom is 0.209 e. The van der Waals surface area contributed by atoms with Crippen molar-refractivity contribution in [2.45, 2.75) is 45.7 Å². The maximum atomic E-state index is 13.1. The third-order valence-electron chi connectivity index (χ3n) is 5.82. The Balaban J connectivity index is 2.31. The van der Waals surface area contributed by atoms with E-state index in [1.165, 1.54) is 14.2 Å². The number of carbonyl (C=O) groups is 1. The van der Waals surface area contributed by atoms with Crippen molar-refractivity contribution in [3.63, 3.8) is 0 Å². The van der Waals surface area contributed by atoms with Crippen molar-refractivity contribution in [3.8, 4) is 0 Å². The lowest BCUT2D eigenvalue weighted by molar-refractivity contribution is -0.229. The molecule has 0 saturated heterocycles. The summed E-state index contributed by atoms with van der Waals surface area (Å²) in [5, 5.41) is 11.3. The molecule has 0 heterocycles. The molecule has 3 aliphatic rings. The lowest BCUT2D eigenvalue weighted by atomic mass is 9.70. The minimum atomic E-state index is -1.59. The van der Waals surface area contributed by atoms with Crippen LogP contribution in [-0.2, 0) is 14.3 Å². The van der Waals surface area contributed by atoms with Gasteiger partial charge in [0.15, 0.2) is 5.78 Å². The van der Waals surface area contributed by atoms with Gasteiger partial charge in [-0.2, -0.15) is 0 Å². The number of ketones is 1. The van der Waals surface area contributed by atoms with Crippen LogP contribution in [0.15, 0.2) is 12.7 Å². The number of Topliss-reactive ketones (excluding diaryl/α,β-unsaturated/α-hetero) is 1. The largest absolute Gasteiger partial charge is 0.380 e. The first-order chi connectivity index (χ1) is 9.81. The van der Waals surface area contributed by atoms with E-state index < -0.39 is 20.0 Å². The average molecular weight is 424 g/mol. The van der Waals surface area contributed by atoms with Crippen molar-refractivity contribution in [3.05, 3.63) is 12.7 Å². The Morgan fingerprint density at radius 3 is 2.43 bits per heavy atom. The molecule has 0 aromatic rings. The Kier molecular flexibility index (Phi) is 3.56. The number of fused-ring (bicyclic) bond motifs is 5. The van der Waals surface area contributed by atoms with Crippen molar-refractivity contribution in [2.24, 2.45) is 11.8 Å². The number of rotatable bonds is 4. The predicted molar refractivity (Wildman–Crippen MR) is 85.7 cm³/mol. The van der Waals surface area contributed by atoms with Crippen molar-refractivity contribution in [1.82, 2.24) is 0 Å². The topological polar surface area (TPSA) is 55.8 Å². The van der Waals surface area contributed by atoms with E-state index in [0.29, 0.717) is 0 Å². The molecule has 2 bridgehead atoms. The van der Waals surface area contributed by atoms with Crippen molar-refractivity contribution < 1.29 is 19.4 Å². The van der Waals surface area contributed by atoms with Gasteiger partial charge in [0, 0.05) is 20.6 Å². The van der Waals surface area contributed by atoms with E-state index in [1.54, 1.807) is 6.08 Å². The highest BCUT2D eigenvalue weighted by Gasteiger charge is 2.92. The smallest absolute Gasteiger partial charge is 0.209 e. The van der Waals surface area contributed by atoms with Gasteiger partial charge >= 0.3 is 0 Å². The van der Waals surface area contributed by atoms with Crippen LogP contribution in [0.25, 0.3) is 0 Å². The summed E-state index contributed by atoms with van der Waals surface area (Å²) in [4.78, 5) is 13.1. The Bertz CT molecular complexity index is 506. The minimum absolute atomic E-state index is 0.0920. The molecule has 5 atom stereocenters. The Hall–Kier alpha value is 0.250. The maximum absolute atomic E-state index is 13.1. The van der Waals surface area contributed by atoms with Crippen LogP contribution in [0.4, 0.5) is 0 Å². The molecular formula is C15H20Br2O4. The summed E-state index contributed by atoms with van der Waals surface area (Å²) in [6.07, 6.45) is 4.65. The van der Waals surface area contributed by atoms with Crippen LogP contribution in [0.1, 0.15) is 25.7 Å². The second-order valence-corrected chi connectivity index (χ2v) is 8.78. The van der Waals surface area contributed by atoms with Crippen molar-refractivity contribution in [1.29, 1.82) is 0 Å². The van der Waals surface area contributed by atoms with E-state index in [2.05, 4.69) is 38.4 Å². The number of hydrogen-bond donors (Lipinski definition) is 1. The lowest BCUT2D eigenvalue weighted by Gasteiger charge is -2.46. The zero-order chi connectivity index (χ0) is 15.7. The SMILES string of the molecule is C=CC[C@@]1(O)C(=O)[C@]2(Br)[C@@H]3CCC[C@@H]3[C@@]1(Br)C2(OC)OC. The van der Waals surface area contributed by atoms with Gasteiger partial charge in [-0.1, -0.05) is 44.4 Å². The van der Waals surface area contributed by atoms with Crippen LogP contribution in [-0.4, -0.2) is 45.1 Å². The van der Waals surface area contributed by atoms with Gasteiger partial charge in [-0.15, -0.1) is 6.58 Å². The fourth-order valence-electron chi connectivity index (χ4n) is 5.16. The molecule has 0 aromatic heterocycles. The molecule has 4 nitrogen and oxygen atoms in total. The van der Waals surface area contributed by atoms with Crippen molar-refractivity contribution >= 4 is 37.6 Å². The molecule has 0 spiro atoms. The number of methoxy groups -OCH3 is 2. The molecule has 0 radical (unpaired) electrons. The van der Waals surface area contributed by atoms with E-state index in [-0.39, 0.29) is 24.0 Å². The van der Waals surface area contributed by atoms with E-state index in [9.17, 15) is 9.90 Å². The van der Waals surface area contributed by atoms with Crippen LogP contribution in [0, 0.1) is 11.8 Å². The summed E-state index contributed by atoms with van der Waals surface area (Å²) in [5.74, 6) is -1.29. The summed E-state index contributed by atoms with van der Waals surface area (Å²) in [6.45, 7) is 3.70. The minimum Gasteiger partial charge on any atom is -0.380 e. The summed E-state index contributed by atoms with van der Waals surface area (Å²) in [5.41, 5.74) is -1.59. The summed E-state index contributed by atoms with van der Waals surface area (Å²) < 4.78 is 9.50. The van der Waals surface area contributed by atoms with Gasteiger partial charge in [0.1, 0.15) is 14.2 Å². The molecule has 0 unspecified atom stereocenters. The normalized spacial score (nSPS) is 50.4. The standard InChI is InChI=1S/C15H20Br2O4/c1-4-8-12(19)11(18)13(16)9-6-5-7-10(9)14(12,17)15(13,20-2)21-3/h4,9-10,19H,1,5-8H2,2-3H3/t9-,10+,12-,13-,14+/m1/s1. The monoisotopic (exact) mass is 422 g/mol. The van der Waals surface area contributed by atoms with Crippen LogP contribution in [0.2, 0.25) is 0 Å². The molecule has 0 aliphatic heterocycles. The predicted octanol–water partition coefficient (Wildman–Crippen LogP) is 2.56. The zero-order valence-electron chi connectivity index (χ0n) is 12.2.